The number of hydrogen-bond acceptors (Lipinski definition) is 4. The van der Waals surface area contributed by atoms with Crippen LogP contribution in [-0.2, 0) is 0 Å². The number of amides is 1. The molecule has 0 bridgehead atoms. The number of carbonyl (C=O) groups is 1. The minimum Gasteiger partial charge on any atom is -0.508 e. The molecule has 0 radical (unpaired) electrons. The van der Waals surface area contributed by atoms with Crippen LogP contribution in [0.1, 0.15) is 40.2 Å². The van der Waals surface area contributed by atoms with Crippen LogP contribution in [0.25, 0.3) is 0 Å². The van der Waals surface area contributed by atoms with Crippen LogP contribution in [0.15, 0.2) is 35.7 Å². The van der Waals surface area contributed by atoms with Gasteiger partial charge < -0.3 is 15.7 Å². The first kappa shape index (κ1) is 16.5. The van der Waals surface area contributed by atoms with E-state index in [0.717, 1.165) is 13.0 Å². The van der Waals surface area contributed by atoms with Crippen molar-refractivity contribution in [2.75, 3.05) is 13.1 Å². The standard InChI is InChI=1S/C17H22N2O2S/c1-12-7-10-22-16(12)13(2)18-8-4-9-19-17(21)14-5-3-6-15(20)11-14/h3,5-7,10-11,13,18,20H,4,8-9H2,1-2H3,(H,19,21)/t13-/m0/s1. The van der Waals surface area contributed by atoms with E-state index in [-0.39, 0.29) is 11.7 Å². The Morgan fingerprint density at radius 3 is 2.82 bits per heavy atom. The van der Waals surface area contributed by atoms with Gasteiger partial charge in [0.1, 0.15) is 5.75 Å². The molecule has 0 saturated carbocycles. The van der Waals surface area contributed by atoms with E-state index in [0.29, 0.717) is 18.2 Å². The van der Waals surface area contributed by atoms with Crippen molar-refractivity contribution in [1.82, 2.24) is 10.6 Å². The van der Waals surface area contributed by atoms with Crippen LogP contribution in [-0.4, -0.2) is 24.1 Å². The smallest absolute Gasteiger partial charge is 0.251 e. The molecule has 4 nitrogen and oxygen atoms in total. The summed E-state index contributed by atoms with van der Waals surface area (Å²) in [6.45, 7) is 5.74. The molecule has 1 aromatic heterocycles. The molecule has 1 atom stereocenters. The Kier molecular flexibility index (Phi) is 5.98. The van der Waals surface area contributed by atoms with E-state index in [9.17, 15) is 9.90 Å². The van der Waals surface area contributed by atoms with E-state index in [1.165, 1.54) is 16.5 Å². The molecule has 5 heteroatoms. The van der Waals surface area contributed by atoms with Crippen LogP contribution < -0.4 is 10.6 Å². The van der Waals surface area contributed by atoms with Crippen LogP contribution in [0.4, 0.5) is 0 Å². The van der Waals surface area contributed by atoms with Crippen molar-refractivity contribution in [3.8, 4) is 5.75 Å². The van der Waals surface area contributed by atoms with Gasteiger partial charge in [0.25, 0.3) is 5.91 Å². The Morgan fingerprint density at radius 2 is 2.14 bits per heavy atom. The van der Waals surface area contributed by atoms with Crippen molar-refractivity contribution >= 4 is 17.2 Å². The van der Waals surface area contributed by atoms with Crippen molar-refractivity contribution in [3.05, 3.63) is 51.7 Å². The van der Waals surface area contributed by atoms with Crippen LogP contribution in [0, 0.1) is 6.92 Å². The van der Waals surface area contributed by atoms with Gasteiger partial charge in [0.15, 0.2) is 0 Å². The number of rotatable bonds is 7. The molecule has 1 aromatic carbocycles. The van der Waals surface area contributed by atoms with E-state index in [1.54, 1.807) is 29.5 Å². The summed E-state index contributed by atoms with van der Waals surface area (Å²) in [5.41, 5.74) is 1.80. The number of aromatic hydroxyl groups is 1. The second kappa shape index (κ2) is 7.96. The summed E-state index contributed by atoms with van der Waals surface area (Å²) < 4.78 is 0. The fraction of sp³-hybridized carbons (Fsp3) is 0.353. The zero-order valence-electron chi connectivity index (χ0n) is 12.9. The SMILES string of the molecule is Cc1ccsc1[C@H](C)NCCCNC(=O)c1cccc(O)c1. The summed E-state index contributed by atoms with van der Waals surface area (Å²) in [5.74, 6) is -0.0486. The number of carbonyl (C=O) groups excluding carboxylic acids is 1. The van der Waals surface area contributed by atoms with Crippen LogP contribution in [0.2, 0.25) is 0 Å². The quantitative estimate of drug-likeness (QED) is 0.687. The molecule has 0 aliphatic rings. The van der Waals surface area contributed by atoms with Crippen molar-refractivity contribution in [3.63, 3.8) is 0 Å². The van der Waals surface area contributed by atoms with E-state index in [4.69, 9.17) is 0 Å². The number of aryl methyl sites for hydroxylation is 1. The highest BCUT2D eigenvalue weighted by Gasteiger charge is 2.09. The van der Waals surface area contributed by atoms with Gasteiger partial charge in [-0.3, -0.25) is 4.79 Å². The largest absolute Gasteiger partial charge is 0.508 e. The molecule has 0 fully saturated rings. The van der Waals surface area contributed by atoms with Gasteiger partial charge in [-0.15, -0.1) is 11.3 Å². The summed E-state index contributed by atoms with van der Waals surface area (Å²) in [5, 5.41) is 17.8. The van der Waals surface area contributed by atoms with Crippen LogP contribution >= 0.6 is 11.3 Å². The third-order valence-electron chi connectivity index (χ3n) is 3.49. The first-order chi connectivity index (χ1) is 10.6. The number of hydrogen-bond donors (Lipinski definition) is 3. The number of phenols is 1. The van der Waals surface area contributed by atoms with Gasteiger partial charge in [-0.1, -0.05) is 6.07 Å². The molecule has 2 aromatic rings. The molecule has 0 spiro atoms. The van der Waals surface area contributed by atoms with Crippen LogP contribution in [0.5, 0.6) is 5.75 Å². The molecule has 22 heavy (non-hydrogen) atoms. The monoisotopic (exact) mass is 318 g/mol. The Labute approximate surface area is 135 Å². The summed E-state index contributed by atoms with van der Waals surface area (Å²) in [6.07, 6.45) is 0.860. The van der Waals surface area contributed by atoms with E-state index in [2.05, 4.69) is 35.9 Å². The molecule has 0 unspecified atom stereocenters. The highest BCUT2D eigenvalue weighted by Crippen LogP contribution is 2.23. The Morgan fingerprint density at radius 1 is 1.32 bits per heavy atom. The molecular formula is C17H22N2O2S. The van der Waals surface area contributed by atoms with Crippen molar-refractivity contribution < 1.29 is 9.90 Å². The molecule has 118 valence electrons. The van der Waals surface area contributed by atoms with E-state index < -0.39 is 0 Å². The molecule has 0 saturated heterocycles. The second-order valence-electron chi connectivity index (χ2n) is 5.30. The Hall–Kier alpha value is -1.85. The summed E-state index contributed by atoms with van der Waals surface area (Å²) in [4.78, 5) is 13.2. The molecule has 0 aliphatic heterocycles. The fourth-order valence-electron chi connectivity index (χ4n) is 2.28. The zero-order valence-corrected chi connectivity index (χ0v) is 13.7. The summed E-state index contributed by atoms with van der Waals surface area (Å²) >= 11 is 1.77. The first-order valence-electron chi connectivity index (χ1n) is 7.42. The maximum absolute atomic E-state index is 11.9. The zero-order chi connectivity index (χ0) is 15.9. The fourth-order valence-corrected chi connectivity index (χ4v) is 3.24. The van der Waals surface area contributed by atoms with Crippen molar-refractivity contribution in [2.45, 2.75) is 26.3 Å². The number of benzene rings is 1. The van der Waals surface area contributed by atoms with Gasteiger partial charge in [-0.05, 0) is 62.0 Å². The third-order valence-corrected chi connectivity index (χ3v) is 4.69. The molecule has 2 rings (SSSR count). The molecule has 1 heterocycles. The van der Waals surface area contributed by atoms with Gasteiger partial charge in [0, 0.05) is 23.0 Å². The van der Waals surface area contributed by atoms with Gasteiger partial charge in [0.05, 0.1) is 0 Å². The average Bonchev–Trinajstić information content (AvgIpc) is 2.92. The highest BCUT2D eigenvalue weighted by molar-refractivity contribution is 7.10. The lowest BCUT2D eigenvalue weighted by atomic mass is 10.2. The molecular weight excluding hydrogens is 296 g/mol. The minimum atomic E-state index is -0.155. The summed E-state index contributed by atoms with van der Waals surface area (Å²) in [7, 11) is 0. The predicted octanol–water partition coefficient (Wildman–Crippen LogP) is 3.23. The summed E-state index contributed by atoms with van der Waals surface area (Å²) in [6, 6.07) is 8.84. The average molecular weight is 318 g/mol. The second-order valence-corrected chi connectivity index (χ2v) is 6.25. The lowest BCUT2D eigenvalue weighted by Gasteiger charge is -2.13. The molecule has 0 aliphatic carbocycles. The predicted molar refractivity (Wildman–Crippen MR) is 90.5 cm³/mol. The maximum Gasteiger partial charge on any atom is 0.251 e. The van der Waals surface area contributed by atoms with Crippen LogP contribution in [0.3, 0.4) is 0 Å². The lowest BCUT2D eigenvalue weighted by Crippen LogP contribution is -2.28. The maximum atomic E-state index is 11.9. The number of phenolic OH excluding ortho intramolecular Hbond substituents is 1. The van der Waals surface area contributed by atoms with Gasteiger partial charge >= 0.3 is 0 Å². The molecule has 3 N–H and O–H groups in total. The van der Waals surface area contributed by atoms with Gasteiger partial charge in [0.2, 0.25) is 0 Å². The third kappa shape index (κ3) is 4.58. The minimum absolute atomic E-state index is 0.106. The number of nitrogens with one attached hydrogen (secondary N) is 2. The van der Waals surface area contributed by atoms with Gasteiger partial charge in [-0.2, -0.15) is 0 Å². The molecule has 1 amide bonds. The van der Waals surface area contributed by atoms with E-state index in [1.807, 2.05) is 0 Å². The normalized spacial score (nSPS) is 12.1. The number of thiophene rings is 1. The topological polar surface area (TPSA) is 61.4 Å². The van der Waals surface area contributed by atoms with Gasteiger partial charge in [-0.25, -0.2) is 0 Å². The first-order valence-corrected chi connectivity index (χ1v) is 8.30. The Bertz CT molecular complexity index is 625. The van der Waals surface area contributed by atoms with Crippen molar-refractivity contribution in [2.24, 2.45) is 0 Å². The van der Waals surface area contributed by atoms with E-state index >= 15 is 0 Å². The lowest BCUT2D eigenvalue weighted by molar-refractivity contribution is 0.0953. The Balaban J connectivity index is 1.67. The highest BCUT2D eigenvalue weighted by atomic mass is 32.1. The van der Waals surface area contributed by atoms with Crippen molar-refractivity contribution in [1.29, 1.82) is 0 Å².